The first kappa shape index (κ1) is 17.4. The van der Waals surface area contributed by atoms with Gasteiger partial charge in [0, 0.05) is 35.7 Å². The van der Waals surface area contributed by atoms with Gasteiger partial charge in [0.15, 0.2) is 18.2 Å². The lowest BCUT2D eigenvalue weighted by Gasteiger charge is -2.32. The van der Waals surface area contributed by atoms with Crippen LogP contribution in [0.25, 0.3) is 0 Å². The third-order valence-corrected chi connectivity index (χ3v) is 4.79. The number of benzene rings is 1. The fourth-order valence-corrected chi connectivity index (χ4v) is 3.49. The molecule has 1 amide bonds. The van der Waals surface area contributed by atoms with Crippen molar-refractivity contribution in [2.75, 3.05) is 13.1 Å². The van der Waals surface area contributed by atoms with E-state index in [2.05, 4.69) is 0 Å². The van der Waals surface area contributed by atoms with Crippen molar-refractivity contribution in [2.45, 2.75) is 19.8 Å². The van der Waals surface area contributed by atoms with Crippen molar-refractivity contribution in [3.05, 3.63) is 69.6 Å². The Kier molecular flexibility index (Phi) is 5.04. The molecule has 0 bridgehead atoms. The van der Waals surface area contributed by atoms with E-state index in [0.717, 1.165) is 18.4 Å². The van der Waals surface area contributed by atoms with E-state index in [4.69, 9.17) is 11.6 Å². The molecule has 0 spiro atoms. The summed E-state index contributed by atoms with van der Waals surface area (Å²) in [5, 5.41) is 12.0. The van der Waals surface area contributed by atoms with Gasteiger partial charge in [0.2, 0.25) is 0 Å². The summed E-state index contributed by atoms with van der Waals surface area (Å²) < 4.78 is 0.608. The van der Waals surface area contributed by atoms with Crippen LogP contribution >= 0.6 is 11.6 Å². The molecule has 0 saturated carbocycles. The number of rotatable bonds is 3. The van der Waals surface area contributed by atoms with Gasteiger partial charge >= 0.3 is 0 Å². The molecule has 1 aromatic carbocycles. The van der Waals surface area contributed by atoms with Crippen molar-refractivity contribution < 1.29 is 14.3 Å². The average molecular weight is 359 g/mol. The second-order valence-electron chi connectivity index (χ2n) is 6.37. The van der Waals surface area contributed by atoms with E-state index >= 15 is 0 Å². The molecule has 2 aromatic rings. The van der Waals surface area contributed by atoms with Crippen molar-refractivity contribution in [3.8, 4) is 0 Å². The first-order valence-electron chi connectivity index (χ1n) is 8.24. The summed E-state index contributed by atoms with van der Waals surface area (Å²) in [6, 6.07) is 8.40. The van der Waals surface area contributed by atoms with Gasteiger partial charge < -0.3 is 10.1 Å². The van der Waals surface area contributed by atoms with E-state index in [0.29, 0.717) is 34.0 Å². The van der Waals surface area contributed by atoms with Gasteiger partial charge in [-0.05, 0) is 49.6 Å². The van der Waals surface area contributed by atoms with Crippen LogP contribution in [0.15, 0.2) is 42.7 Å². The molecule has 1 aliphatic rings. The van der Waals surface area contributed by atoms with Crippen LogP contribution in [-0.4, -0.2) is 29.7 Å². The van der Waals surface area contributed by atoms with Gasteiger partial charge in [-0.1, -0.05) is 11.6 Å². The lowest BCUT2D eigenvalue weighted by Crippen LogP contribution is -2.43. The summed E-state index contributed by atoms with van der Waals surface area (Å²) in [7, 11) is 0. The van der Waals surface area contributed by atoms with Crippen LogP contribution in [0.5, 0.6) is 0 Å². The highest BCUT2D eigenvalue weighted by Crippen LogP contribution is 2.25. The van der Waals surface area contributed by atoms with Gasteiger partial charge in [0.25, 0.3) is 5.91 Å². The molecule has 1 fully saturated rings. The number of carbonyl (C=O) groups excluding carboxylic acids is 2. The minimum Gasteiger partial charge on any atom is -0.619 e. The number of aromatic nitrogens is 1. The summed E-state index contributed by atoms with van der Waals surface area (Å²) in [6.45, 7) is 2.82. The predicted octanol–water partition coefficient (Wildman–Crippen LogP) is 3.02. The van der Waals surface area contributed by atoms with Crippen molar-refractivity contribution in [1.82, 2.24) is 4.90 Å². The fraction of sp³-hybridized carbons (Fsp3) is 0.316. The topological polar surface area (TPSA) is 64.3 Å². The van der Waals surface area contributed by atoms with Crippen LogP contribution in [0.4, 0.5) is 0 Å². The van der Waals surface area contributed by atoms with Gasteiger partial charge in [0.05, 0.1) is 0 Å². The highest BCUT2D eigenvalue weighted by Gasteiger charge is 2.30. The van der Waals surface area contributed by atoms with Crippen LogP contribution in [0.2, 0.25) is 5.02 Å². The number of carbonyl (C=O) groups is 2. The zero-order chi connectivity index (χ0) is 18.0. The number of nitrogens with zero attached hydrogens (tertiary/aromatic N) is 2. The largest absolute Gasteiger partial charge is 0.619 e. The van der Waals surface area contributed by atoms with Crippen molar-refractivity contribution in [3.63, 3.8) is 0 Å². The molecule has 2 heterocycles. The maximum Gasteiger partial charge on any atom is 0.259 e. The second-order valence-corrected chi connectivity index (χ2v) is 6.80. The Morgan fingerprint density at radius 1 is 1.32 bits per heavy atom. The minimum absolute atomic E-state index is 0.0404. The Balaban J connectivity index is 1.76. The van der Waals surface area contributed by atoms with E-state index < -0.39 is 0 Å². The number of likely N-dealkylation sites (tertiary alicyclic amines) is 1. The molecule has 6 heteroatoms. The number of hydrogen-bond donors (Lipinski definition) is 0. The number of piperidine rings is 1. The van der Waals surface area contributed by atoms with Gasteiger partial charge in [-0.15, -0.1) is 0 Å². The van der Waals surface area contributed by atoms with Gasteiger partial charge in [-0.25, -0.2) is 0 Å². The van der Waals surface area contributed by atoms with Gasteiger partial charge in [0.1, 0.15) is 5.56 Å². The molecular formula is C19H19ClN2O3. The number of hydrogen-bond acceptors (Lipinski definition) is 3. The Morgan fingerprint density at radius 3 is 2.84 bits per heavy atom. The Morgan fingerprint density at radius 2 is 2.12 bits per heavy atom. The van der Waals surface area contributed by atoms with Crippen LogP contribution in [0, 0.1) is 18.0 Å². The van der Waals surface area contributed by atoms with E-state index in [9.17, 15) is 14.8 Å². The summed E-state index contributed by atoms with van der Waals surface area (Å²) in [4.78, 5) is 27.1. The molecule has 5 nitrogen and oxygen atoms in total. The van der Waals surface area contributed by atoms with Crippen molar-refractivity contribution in [1.29, 1.82) is 0 Å². The fourth-order valence-electron chi connectivity index (χ4n) is 3.26. The molecule has 1 saturated heterocycles. The van der Waals surface area contributed by atoms with E-state index in [1.807, 2.05) is 6.92 Å². The van der Waals surface area contributed by atoms with Crippen molar-refractivity contribution >= 4 is 23.3 Å². The first-order valence-corrected chi connectivity index (χ1v) is 8.62. The SMILES string of the molecule is Cc1cc(Cl)ccc1C(=O)C1CCCN(C(=O)c2ccc[n+]([O-])c2)C1. The molecule has 0 N–H and O–H groups in total. The van der Waals surface area contributed by atoms with Crippen LogP contribution in [-0.2, 0) is 0 Å². The third kappa shape index (κ3) is 3.82. The second kappa shape index (κ2) is 7.23. The normalized spacial score (nSPS) is 17.4. The quantitative estimate of drug-likeness (QED) is 0.481. The van der Waals surface area contributed by atoms with Crippen molar-refractivity contribution in [2.24, 2.45) is 5.92 Å². The summed E-state index contributed by atoms with van der Waals surface area (Å²) in [6.07, 6.45) is 4.11. The molecular weight excluding hydrogens is 340 g/mol. The zero-order valence-corrected chi connectivity index (χ0v) is 14.7. The smallest absolute Gasteiger partial charge is 0.259 e. The summed E-state index contributed by atoms with van der Waals surface area (Å²) in [5.74, 6) is -0.408. The number of amides is 1. The van der Waals surface area contributed by atoms with E-state index in [1.165, 1.54) is 12.4 Å². The highest BCUT2D eigenvalue weighted by atomic mass is 35.5. The average Bonchev–Trinajstić information content (AvgIpc) is 2.61. The number of ketones is 1. The minimum atomic E-state index is -0.235. The molecule has 1 aromatic heterocycles. The molecule has 0 radical (unpaired) electrons. The number of Topliss-reactive ketones (excluding diaryl/α,β-unsaturated/α-hetero) is 1. The standard InChI is InChI=1S/C19H19ClN2O3/c1-13-10-16(20)6-7-17(13)18(23)14-4-2-8-21(11-14)19(24)15-5-3-9-22(25)12-15/h3,5-7,9-10,12,14H,2,4,8,11H2,1H3. The van der Waals surface area contributed by atoms with Crippen LogP contribution in [0.3, 0.4) is 0 Å². The first-order chi connectivity index (χ1) is 12.0. The lowest BCUT2D eigenvalue weighted by molar-refractivity contribution is -0.605. The number of halogens is 1. The Hall–Kier alpha value is -2.40. The molecule has 1 atom stereocenters. The van der Waals surface area contributed by atoms with Crippen LogP contribution in [0.1, 0.15) is 39.1 Å². The molecule has 1 unspecified atom stereocenters. The molecule has 130 valence electrons. The van der Waals surface area contributed by atoms with Gasteiger partial charge in [-0.3, -0.25) is 9.59 Å². The Bertz CT molecular complexity index is 822. The maximum atomic E-state index is 12.9. The predicted molar refractivity (Wildman–Crippen MR) is 94.5 cm³/mol. The Labute approximate surface area is 151 Å². The molecule has 3 rings (SSSR count). The number of pyridine rings is 1. The highest BCUT2D eigenvalue weighted by molar-refractivity contribution is 6.30. The van der Waals surface area contributed by atoms with Crippen LogP contribution < -0.4 is 4.73 Å². The summed E-state index contributed by atoms with van der Waals surface area (Å²) in [5.41, 5.74) is 1.84. The third-order valence-electron chi connectivity index (χ3n) is 4.56. The van der Waals surface area contributed by atoms with E-state index in [-0.39, 0.29) is 17.6 Å². The molecule has 1 aliphatic heterocycles. The number of aryl methyl sites for hydroxylation is 1. The molecule has 25 heavy (non-hydrogen) atoms. The molecule has 0 aliphatic carbocycles. The van der Waals surface area contributed by atoms with E-state index in [1.54, 1.807) is 35.2 Å². The van der Waals surface area contributed by atoms with Gasteiger partial charge in [-0.2, -0.15) is 4.73 Å². The monoisotopic (exact) mass is 358 g/mol. The maximum absolute atomic E-state index is 12.9. The summed E-state index contributed by atoms with van der Waals surface area (Å²) >= 11 is 5.96. The lowest BCUT2D eigenvalue weighted by atomic mass is 9.88. The zero-order valence-electron chi connectivity index (χ0n) is 13.9.